The van der Waals surface area contributed by atoms with Gasteiger partial charge in [0, 0.05) is 12.6 Å². The summed E-state index contributed by atoms with van der Waals surface area (Å²) in [6, 6.07) is 13.3. The van der Waals surface area contributed by atoms with Crippen molar-refractivity contribution in [1.82, 2.24) is 0 Å². The lowest BCUT2D eigenvalue weighted by Gasteiger charge is -2.26. The summed E-state index contributed by atoms with van der Waals surface area (Å²) in [7, 11) is 0. The minimum absolute atomic E-state index is 0. The van der Waals surface area contributed by atoms with E-state index < -0.39 is 0 Å². The van der Waals surface area contributed by atoms with Gasteiger partial charge in [-0.15, -0.1) is 0 Å². The molecule has 1 fully saturated rings. The van der Waals surface area contributed by atoms with Crippen LogP contribution in [0.5, 0.6) is 0 Å². The Hall–Kier alpha value is -2.00. The van der Waals surface area contributed by atoms with Crippen LogP contribution in [-0.2, 0) is 6.42 Å². The molecule has 2 aromatic rings. The van der Waals surface area contributed by atoms with E-state index in [1.54, 1.807) is 0 Å². The number of benzene rings is 2. The molecule has 0 spiro atoms. The maximum atomic E-state index is 3.33. The normalized spacial score (nSPS) is 20.0. The van der Waals surface area contributed by atoms with Crippen LogP contribution in [0, 0.1) is 44.4 Å². The Labute approximate surface area is 155 Å². The molecule has 1 aliphatic carbocycles. The second-order valence-corrected chi connectivity index (χ2v) is 8.01. The molecule has 3 rings (SSSR count). The SMILES string of the molecule is Cc1cc(C#Cc2ccc(CC3CCC(C)CC3)cc2)cc(C)c1C.[HH]. The molecule has 1 saturated carbocycles. The minimum Gasteiger partial charge on any atom is -0.0625 e. The number of rotatable bonds is 2. The highest BCUT2D eigenvalue weighted by atomic mass is 14.2. The molecule has 132 valence electrons. The summed E-state index contributed by atoms with van der Waals surface area (Å²) in [5, 5.41) is 0. The third kappa shape index (κ3) is 4.76. The van der Waals surface area contributed by atoms with Crippen LogP contribution in [0.1, 0.15) is 67.4 Å². The minimum atomic E-state index is 0. The fourth-order valence-electron chi connectivity index (χ4n) is 3.84. The predicted molar refractivity (Wildman–Crippen MR) is 110 cm³/mol. The van der Waals surface area contributed by atoms with Gasteiger partial charge in [0.25, 0.3) is 0 Å². The van der Waals surface area contributed by atoms with Gasteiger partial charge in [-0.25, -0.2) is 0 Å². The number of hydrogen-bond donors (Lipinski definition) is 0. The zero-order chi connectivity index (χ0) is 17.8. The van der Waals surface area contributed by atoms with E-state index in [9.17, 15) is 0 Å². The van der Waals surface area contributed by atoms with Crippen molar-refractivity contribution in [1.29, 1.82) is 0 Å². The molecule has 0 atom stereocenters. The molecule has 0 radical (unpaired) electrons. The van der Waals surface area contributed by atoms with Gasteiger partial charge in [-0.3, -0.25) is 0 Å². The van der Waals surface area contributed by atoms with Crippen molar-refractivity contribution < 1.29 is 1.43 Å². The lowest BCUT2D eigenvalue weighted by Crippen LogP contribution is -2.14. The monoisotopic (exact) mass is 332 g/mol. The summed E-state index contributed by atoms with van der Waals surface area (Å²) in [5.74, 6) is 8.46. The van der Waals surface area contributed by atoms with E-state index in [0.717, 1.165) is 23.0 Å². The molecule has 0 N–H and O–H groups in total. The van der Waals surface area contributed by atoms with Crippen molar-refractivity contribution in [2.24, 2.45) is 11.8 Å². The van der Waals surface area contributed by atoms with Gasteiger partial charge in [0.1, 0.15) is 0 Å². The molecule has 2 aromatic carbocycles. The summed E-state index contributed by atoms with van der Waals surface area (Å²) in [6.45, 7) is 8.89. The van der Waals surface area contributed by atoms with Crippen molar-refractivity contribution in [3.05, 3.63) is 69.8 Å². The van der Waals surface area contributed by atoms with Crippen molar-refractivity contribution >= 4 is 0 Å². The lowest BCUT2D eigenvalue weighted by molar-refractivity contribution is 0.289. The van der Waals surface area contributed by atoms with Gasteiger partial charge < -0.3 is 0 Å². The molecule has 0 amide bonds. The zero-order valence-electron chi connectivity index (χ0n) is 16.2. The van der Waals surface area contributed by atoms with Gasteiger partial charge in [0.05, 0.1) is 0 Å². The molecule has 0 heterocycles. The topological polar surface area (TPSA) is 0 Å². The number of aryl methyl sites for hydroxylation is 2. The molecule has 0 unspecified atom stereocenters. The smallest absolute Gasteiger partial charge is 0.0254 e. The third-order valence-corrected chi connectivity index (χ3v) is 5.89. The van der Waals surface area contributed by atoms with Crippen LogP contribution in [0.15, 0.2) is 36.4 Å². The number of hydrogen-bond acceptors (Lipinski definition) is 0. The summed E-state index contributed by atoms with van der Waals surface area (Å²) in [6.07, 6.45) is 6.84. The van der Waals surface area contributed by atoms with Crippen LogP contribution in [-0.4, -0.2) is 0 Å². The summed E-state index contributed by atoms with van der Waals surface area (Å²) in [5.41, 5.74) is 7.69. The Morgan fingerprint density at radius 2 is 1.40 bits per heavy atom. The maximum absolute atomic E-state index is 3.33. The van der Waals surface area contributed by atoms with Gasteiger partial charge in [0.15, 0.2) is 0 Å². The molecule has 25 heavy (non-hydrogen) atoms. The largest absolute Gasteiger partial charge is 0.0625 e. The molecule has 0 nitrogen and oxygen atoms in total. The van der Waals surface area contributed by atoms with Crippen LogP contribution in [0.3, 0.4) is 0 Å². The quantitative estimate of drug-likeness (QED) is 0.542. The zero-order valence-corrected chi connectivity index (χ0v) is 16.2. The van der Waals surface area contributed by atoms with Gasteiger partial charge in [-0.2, -0.15) is 0 Å². The molecule has 1 aliphatic rings. The van der Waals surface area contributed by atoms with Crippen molar-refractivity contribution in [2.45, 2.75) is 59.8 Å². The lowest BCUT2D eigenvalue weighted by atomic mass is 9.80. The van der Waals surface area contributed by atoms with Crippen LogP contribution >= 0.6 is 0 Å². The Morgan fingerprint density at radius 3 is 2.00 bits per heavy atom. The molecule has 0 heteroatoms. The summed E-state index contributed by atoms with van der Waals surface area (Å²) < 4.78 is 0. The Balaban J connectivity index is 0.00000243. The van der Waals surface area contributed by atoms with Gasteiger partial charge in [-0.1, -0.05) is 43.7 Å². The van der Waals surface area contributed by atoms with Gasteiger partial charge >= 0.3 is 0 Å². The predicted octanol–water partition coefficient (Wildman–Crippen LogP) is 6.63. The highest BCUT2D eigenvalue weighted by molar-refractivity contribution is 5.48. The fraction of sp³-hybridized carbons (Fsp3) is 0.440. The Morgan fingerprint density at radius 1 is 0.840 bits per heavy atom. The first-order valence-corrected chi connectivity index (χ1v) is 9.70. The molecular formula is C25H32. The van der Waals surface area contributed by atoms with Crippen LogP contribution < -0.4 is 0 Å². The van der Waals surface area contributed by atoms with Crippen LogP contribution in [0.25, 0.3) is 0 Å². The van der Waals surface area contributed by atoms with Gasteiger partial charge in [-0.05, 0) is 98.4 Å². The Kier molecular flexibility index (Phi) is 5.64. The first kappa shape index (κ1) is 17.8. The standard InChI is InChI=1S/C25H30.H2/c1-18-5-7-23(8-6-18)17-24-12-9-22(10-13-24)11-14-25-15-19(2)21(4)20(3)16-25;/h9-10,12-13,15-16,18,23H,5-8,17H2,1-4H3;1H. The fourth-order valence-corrected chi connectivity index (χ4v) is 3.84. The van der Waals surface area contributed by atoms with Crippen LogP contribution in [0.4, 0.5) is 0 Å². The average molecular weight is 333 g/mol. The van der Waals surface area contributed by atoms with Crippen molar-refractivity contribution in [3.8, 4) is 11.8 Å². The molecule has 0 aliphatic heterocycles. The molecule has 0 saturated heterocycles. The molecule has 0 bridgehead atoms. The maximum Gasteiger partial charge on any atom is 0.0254 e. The van der Waals surface area contributed by atoms with E-state index in [2.05, 4.69) is 75.9 Å². The molecule has 0 aromatic heterocycles. The van der Waals surface area contributed by atoms with E-state index in [1.807, 2.05) is 0 Å². The first-order valence-electron chi connectivity index (χ1n) is 9.70. The van der Waals surface area contributed by atoms with Crippen molar-refractivity contribution in [2.75, 3.05) is 0 Å². The highest BCUT2D eigenvalue weighted by Gasteiger charge is 2.18. The average Bonchev–Trinajstić information content (AvgIpc) is 2.61. The Bertz CT molecular complexity index is 758. The second-order valence-electron chi connectivity index (χ2n) is 8.01. The van der Waals surface area contributed by atoms with E-state index in [-0.39, 0.29) is 1.43 Å². The second kappa shape index (κ2) is 7.92. The highest BCUT2D eigenvalue weighted by Crippen LogP contribution is 2.30. The van der Waals surface area contributed by atoms with Crippen LogP contribution in [0.2, 0.25) is 0 Å². The molecular weight excluding hydrogens is 300 g/mol. The van der Waals surface area contributed by atoms with E-state index in [0.29, 0.717) is 0 Å². The van der Waals surface area contributed by atoms with Gasteiger partial charge in [0.2, 0.25) is 0 Å². The first-order chi connectivity index (χ1) is 12.0. The third-order valence-electron chi connectivity index (χ3n) is 5.89. The van der Waals surface area contributed by atoms with E-state index in [4.69, 9.17) is 0 Å². The van der Waals surface area contributed by atoms with E-state index in [1.165, 1.54) is 54.4 Å². The summed E-state index contributed by atoms with van der Waals surface area (Å²) in [4.78, 5) is 0. The van der Waals surface area contributed by atoms with Crippen molar-refractivity contribution in [3.63, 3.8) is 0 Å². The summed E-state index contributed by atoms with van der Waals surface area (Å²) >= 11 is 0. The van der Waals surface area contributed by atoms with E-state index >= 15 is 0 Å².